The van der Waals surface area contributed by atoms with Crippen LogP contribution in [-0.4, -0.2) is 96.5 Å². The fourth-order valence-electron chi connectivity index (χ4n) is 10.4. The Kier molecular flexibility index (Phi) is 13.5. The molecule has 4 aliphatic rings. The lowest BCUT2D eigenvalue weighted by atomic mass is 9.44. The maximum atomic E-state index is 13.4. The Balaban J connectivity index is 0.000000425. The summed E-state index contributed by atoms with van der Waals surface area (Å²) in [6.45, 7) is 15.6. The monoisotopic (exact) mass is 695 g/mol. The van der Waals surface area contributed by atoms with Crippen molar-refractivity contribution < 1.29 is 54.2 Å². The van der Waals surface area contributed by atoms with Gasteiger partial charge in [0.1, 0.15) is 11.9 Å². The summed E-state index contributed by atoms with van der Waals surface area (Å²) in [6.07, 6.45) is 7.21. The van der Waals surface area contributed by atoms with Gasteiger partial charge in [0.2, 0.25) is 0 Å². The van der Waals surface area contributed by atoms with Crippen LogP contribution in [0.2, 0.25) is 0 Å². The summed E-state index contributed by atoms with van der Waals surface area (Å²) in [6, 6.07) is 0.666. The standard InChI is InChI=1S/C31H53NO4.C6H8O7/c1-8-19(3)32(20(4)9-2)18-29(35)36-28-17-23(34)16-22-10-11-24-26-13-12-25(21(5)33)30(26,6)15-14-27(24)31(22,28)7;7-3(8)1-6(13,5(11)12)2-4(9)10/h19-20,22-28,34H,8-18H2,1-7H3;13H,1-2H2,(H,7,8)(H,9,10)(H,11,12)/t19?,20?,22-,23-,24-,25+,26-,27-,28?,30+,31-;/m0./s1. The Bertz CT molecular complexity index is 1200. The molecule has 0 saturated heterocycles. The highest BCUT2D eigenvalue weighted by atomic mass is 16.5. The zero-order valence-corrected chi connectivity index (χ0v) is 30.5. The molecule has 4 aliphatic carbocycles. The molecule has 0 aromatic heterocycles. The first-order chi connectivity index (χ1) is 22.7. The molecule has 12 heteroatoms. The number of fused-ring (bicyclic) bond motifs is 5. The van der Waals surface area contributed by atoms with E-state index < -0.39 is 36.4 Å². The fraction of sp³-hybridized carbons (Fsp3) is 0.865. The van der Waals surface area contributed by atoms with Crippen LogP contribution in [0.1, 0.15) is 126 Å². The Labute approximate surface area is 291 Å². The number of carbonyl (C=O) groups is 5. The molecular weight excluding hydrogens is 634 g/mol. The molecule has 5 N–H and O–H groups in total. The molecule has 4 rings (SSSR count). The zero-order valence-electron chi connectivity index (χ0n) is 30.5. The van der Waals surface area contributed by atoms with Gasteiger partial charge in [-0.15, -0.1) is 0 Å². The minimum atomic E-state index is -2.74. The SMILES string of the molecule is CCC(C)N(CC(=O)OC1C[C@@H](O)C[C@@H]2CC[C@H]3[C@@H]4CC[C@H](C(C)=O)[C@@]4(C)CC[C@@H]3[C@@]12C)C(C)CC.O=C(O)CC(O)(CC(=O)O)C(=O)O. The molecule has 0 aliphatic heterocycles. The molecule has 0 amide bonds. The van der Waals surface area contributed by atoms with E-state index in [1.807, 2.05) is 0 Å². The van der Waals surface area contributed by atoms with Gasteiger partial charge in [0.15, 0.2) is 5.60 Å². The average molecular weight is 696 g/mol. The summed E-state index contributed by atoms with van der Waals surface area (Å²) in [4.78, 5) is 58.7. The molecule has 12 nitrogen and oxygen atoms in total. The summed E-state index contributed by atoms with van der Waals surface area (Å²) in [7, 11) is 0. The van der Waals surface area contributed by atoms with Gasteiger partial charge in [0, 0.05) is 29.8 Å². The highest BCUT2D eigenvalue weighted by Gasteiger charge is 2.63. The average Bonchev–Trinajstić information content (AvgIpc) is 3.36. The van der Waals surface area contributed by atoms with E-state index >= 15 is 0 Å². The molecule has 0 spiro atoms. The summed E-state index contributed by atoms with van der Waals surface area (Å²) in [5.74, 6) is -2.47. The van der Waals surface area contributed by atoms with E-state index in [9.17, 15) is 29.1 Å². The Morgan fingerprint density at radius 1 is 0.857 bits per heavy atom. The quantitative estimate of drug-likeness (QED) is 0.166. The molecule has 4 fully saturated rings. The second kappa shape index (κ2) is 16.2. The second-order valence-electron chi connectivity index (χ2n) is 16.1. The summed E-state index contributed by atoms with van der Waals surface area (Å²) in [5, 5.41) is 44.6. The molecule has 0 aromatic carbocycles. The Morgan fingerprint density at radius 2 is 1.43 bits per heavy atom. The van der Waals surface area contributed by atoms with Crippen LogP contribution in [-0.2, 0) is 28.7 Å². The third-order valence-corrected chi connectivity index (χ3v) is 13.4. The topological polar surface area (TPSA) is 199 Å². The van der Waals surface area contributed by atoms with Gasteiger partial charge in [-0.2, -0.15) is 0 Å². The highest BCUT2D eigenvalue weighted by molar-refractivity contribution is 5.88. The third-order valence-electron chi connectivity index (χ3n) is 13.4. The number of carbonyl (C=O) groups excluding carboxylic acids is 2. The molecule has 49 heavy (non-hydrogen) atoms. The van der Waals surface area contributed by atoms with Crippen LogP contribution < -0.4 is 0 Å². The molecule has 3 unspecified atom stereocenters. The number of carboxylic acids is 3. The second-order valence-corrected chi connectivity index (χ2v) is 16.1. The number of aliphatic carboxylic acids is 3. The Hall–Kier alpha value is -2.57. The van der Waals surface area contributed by atoms with Crippen molar-refractivity contribution in [2.75, 3.05) is 6.54 Å². The Morgan fingerprint density at radius 3 is 1.92 bits per heavy atom. The molecule has 11 atom stereocenters. The predicted octanol–water partition coefficient (Wildman–Crippen LogP) is 4.77. The molecule has 0 bridgehead atoms. The lowest BCUT2D eigenvalue weighted by molar-refractivity contribution is -0.203. The smallest absolute Gasteiger partial charge is 0.336 e. The van der Waals surface area contributed by atoms with Crippen molar-refractivity contribution in [1.82, 2.24) is 4.90 Å². The van der Waals surface area contributed by atoms with Gasteiger partial charge in [0.05, 0.1) is 25.5 Å². The van der Waals surface area contributed by atoms with Gasteiger partial charge in [-0.3, -0.25) is 24.1 Å². The summed E-state index contributed by atoms with van der Waals surface area (Å²) < 4.78 is 6.40. The molecular formula is C37H61NO11. The van der Waals surface area contributed by atoms with E-state index in [4.69, 9.17) is 25.2 Å². The van der Waals surface area contributed by atoms with Crippen molar-refractivity contribution in [3.8, 4) is 0 Å². The van der Waals surface area contributed by atoms with E-state index in [1.54, 1.807) is 6.92 Å². The summed E-state index contributed by atoms with van der Waals surface area (Å²) >= 11 is 0. The van der Waals surface area contributed by atoms with Crippen LogP contribution in [0.15, 0.2) is 0 Å². The van der Waals surface area contributed by atoms with Crippen LogP contribution in [0, 0.1) is 40.4 Å². The van der Waals surface area contributed by atoms with Crippen molar-refractivity contribution in [2.24, 2.45) is 40.4 Å². The molecule has 280 valence electrons. The summed E-state index contributed by atoms with van der Waals surface area (Å²) in [5.41, 5.74) is -2.70. The van der Waals surface area contributed by atoms with Crippen molar-refractivity contribution >= 4 is 29.7 Å². The first-order valence-corrected chi connectivity index (χ1v) is 18.3. The first kappa shape index (κ1) is 40.9. The largest absolute Gasteiger partial charge is 0.481 e. The number of aliphatic hydroxyl groups is 2. The van der Waals surface area contributed by atoms with Gasteiger partial charge >= 0.3 is 23.9 Å². The number of rotatable bonds is 13. The van der Waals surface area contributed by atoms with E-state index in [-0.39, 0.29) is 34.9 Å². The van der Waals surface area contributed by atoms with Gasteiger partial charge in [0.25, 0.3) is 0 Å². The number of ether oxygens (including phenoxy) is 1. The van der Waals surface area contributed by atoms with Crippen molar-refractivity contribution in [1.29, 1.82) is 0 Å². The van der Waals surface area contributed by atoms with Crippen LogP contribution in [0.4, 0.5) is 0 Å². The minimum Gasteiger partial charge on any atom is -0.481 e. The number of hydrogen-bond acceptors (Lipinski definition) is 9. The van der Waals surface area contributed by atoms with Crippen molar-refractivity contribution in [2.45, 2.75) is 155 Å². The van der Waals surface area contributed by atoms with Gasteiger partial charge in [-0.05, 0) is 108 Å². The predicted molar refractivity (Wildman–Crippen MR) is 180 cm³/mol. The number of aliphatic hydroxyl groups excluding tert-OH is 1. The molecule has 0 heterocycles. The first-order valence-electron chi connectivity index (χ1n) is 18.3. The highest BCUT2D eigenvalue weighted by Crippen LogP contribution is 2.67. The van der Waals surface area contributed by atoms with E-state index in [1.165, 1.54) is 6.42 Å². The number of esters is 1. The fourth-order valence-corrected chi connectivity index (χ4v) is 10.4. The number of nitrogens with zero attached hydrogens (tertiary/aromatic N) is 1. The van der Waals surface area contributed by atoms with Gasteiger partial charge in [-0.1, -0.05) is 27.7 Å². The lowest BCUT2D eigenvalue weighted by Crippen LogP contribution is -2.60. The number of carboxylic acid groups (broad SMARTS) is 3. The third kappa shape index (κ3) is 8.67. The van der Waals surface area contributed by atoms with E-state index in [0.717, 1.165) is 51.4 Å². The van der Waals surface area contributed by atoms with Crippen LogP contribution >= 0.6 is 0 Å². The normalized spacial score (nSPS) is 35.0. The van der Waals surface area contributed by atoms with E-state index in [2.05, 4.69) is 46.4 Å². The molecule has 0 radical (unpaired) electrons. The number of hydrogen-bond donors (Lipinski definition) is 5. The minimum absolute atomic E-state index is 0.0922. The molecule has 4 saturated carbocycles. The molecule has 0 aromatic rings. The lowest BCUT2D eigenvalue weighted by Gasteiger charge is -2.62. The van der Waals surface area contributed by atoms with Crippen molar-refractivity contribution in [3.05, 3.63) is 0 Å². The maximum Gasteiger partial charge on any atom is 0.336 e. The van der Waals surface area contributed by atoms with Crippen LogP contribution in [0.3, 0.4) is 0 Å². The van der Waals surface area contributed by atoms with Gasteiger partial charge < -0.3 is 30.3 Å². The van der Waals surface area contributed by atoms with Crippen LogP contribution in [0.5, 0.6) is 0 Å². The van der Waals surface area contributed by atoms with Crippen molar-refractivity contribution in [3.63, 3.8) is 0 Å². The maximum absolute atomic E-state index is 13.4. The number of ketones is 1. The van der Waals surface area contributed by atoms with Gasteiger partial charge in [-0.25, -0.2) is 4.79 Å². The van der Waals surface area contributed by atoms with Crippen LogP contribution in [0.25, 0.3) is 0 Å². The zero-order chi connectivity index (χ0) is 37.1. The number of Topliss-reactive ketones (excluding diaryl/α,β-unsaturated/α-hetero) is 1. The van der Waals surface area contributed by atoms with E-state index in [0.29, 0.717) is 54.5 Å².